The molecule has 0 amide bonds. The Kier molecular flexibility index (Phi) is 14.2. The Balaban J connectivity index is 0.000000270. The minimum atomic E-state index is -0.316. The molecule has 0 aliphatic carbocycles. The van der Waals surface area contributed by atoms with Crippen LogP contribution in [0.1, 0.15) is 31.8 Å². The summed E-state index contributed by atoms with van der Waals surface area (Å²) in [6.45, 7) is 0. The average Bonchev–Trinajstić information content (AvgIpc) is 3.10. The number of nitrogen functional groups attached to an aromatic ring is 2. The summed E-state index contributed by atoms with van der Waals surface area (Å²) in [5.41, 5.74) is 17.1. The van der Waals surface area contributed by atoms with E-state index >= 15 is 0 Å². The number of carbonyl (C=O) groups excluding carboxylic acids is 2. The summed E-state index contributed by atoms with van der Waals surface area (Å²) in [6, 6.07) is 21.0. The summed E-state index contributed by atoms with van der Waals surface area (Å²) < 4.78 is 21.5. The number of benzene rings is 4. The van der Waals surface area contributed by atoms with E-state index in [1.807, 2.05) is 44.1 Å². The standard InChI is InChI=1S/C19H21BrN2O3.C19H21ClN2O3/c2*1-22(2)17-7-5-12(11-16(17)21)19(23)15(20)10-13-9-14(24-3)6-8-18(13)25-4/h2*5-11H,21H2,1-4H3/b2*15-10+. The van der Waals surface area contributed by atoms with Crippen LogP contribution in [0.25, 0.3) is 12.2 Å². The molecule has 0 aromatic heterocycles. The molecule has 4 N–H and O–H groups in total. The second-order valence-electron chi connectivity index (χ2n) is 11.2. The number of allylic oxidation sites excluding steroid dienone is 2. The summed E-state index contributed by atoms with van der Waals surface area (Å²) in [4.78, 5) is 29.1. The van der Waals surface area contributed by atoms with E-state index in [1.165, 1.54) is 0 Å². The largest absolute Gasteiger partial charge is 0.497 e. The molecule has 0 radical (unpaired) electrons. The fourth-order valence-corrected chi connectivity index (χ4v) is 5.49. The van der Waals surface area contributed by atoms with Gasteiger partial charge in [-0.2, -0.15) is 0 Å². The number of anilines is 4. The van der Waals surface area contributed by atoms with Gasteiger partial charge in [0, 0.05) is 50.4 Å². The van der Waals surface area contributed by atoms with Crippen LogP contribution in [0.4, 0.5) is 22.7 Å². The Morgan fingerprint density at radius 1 is 0.620 bits per heavy atom. The predicted octanol–water partition coefficient (Wildman–Crippen LogP) is 7.79. The third kappa shape index (κ3) is 9.96. The first-order valence-corrected chi connectivity index (χ1v) is 16.3. The molecule has 0 fully saturated rings. The van der Waals surface area contributed by atoms with Crippen LogP contribution in [0.5, 0.6) is 23.0 Å². The Morgan fingerprint density at radius 3 is 1.42 bits per heavy atom. The monoisotopic (exact) mass is 764 g/mol. The number of nitrogens with zero attached hydrogens (tertiary/aromatic N) is 2. The van der Waals surface area contributed by atoms with Crippen molar-refractivity contribution in [3.05, 3.63) is 105 Å². The van der Waals surface area contributed by atoms with E-state index in [0.29, 0.717) is 55.5 Å². The van der Waals surface area contributed by atoms with Crippen molar-refractivity contribution in [3.63, 3.8) is 0 Å². The maximum atomic E-state index is 12.7. The lowest BCUT2D eigenvalue weighted by Gasteiger charge is -2.15. The van der Waals surface area contributed by atoms with Gasteiger partial charge in [-0.15, -0.1) is 0 Å². The van der Waals surface area contributed by atoms with Crippen LogP contribution >= 0.6 is 27.5 Å². The molecule has 0 bridgehead atoms. The zero-order valence-corrected chi connectivity index (χ0v) is 31.7. The van der Waals surface area contributed by atoms with E-state index in [2.05, 4.69) is 15.9 Å². The smallest absolute Gasteiger partial charge is 0.204 e. The molecule has 50 heavy (non-hydrogen) atoms. The lowest BCUT2D eigenvalue weighted by Crippen LogP contribution is -2.12. The molecule has 4 aromatic carbocycles. The van der Waals surface area contributed by atoms with E-state index in [9.17, 15) is 9.59 Å². The summed E-state index contributed by atoms with van der Waals surface area (Å²) in [6.07, 6.45) is 3.26. The van der Waals surface area contributed by atoms with Crippen molar-refractivity contribution < 1.29 is 28.5 Å². The number of ether oxygens (including phenoxy) is 4. The molecule has 0 spiro atoms. The lowest BCUT2D eigenvalue weighted by molar-refractivity contribution is 0.103. The minimum absolute atomic E-state index is 0.0588. The number of ketones is 2. The summed E-state index contributed by atoms with van der Waals surface area (Å²) in [7, 11) is 13.9. The van der Waals surface area contributed by atoms with Gasteiger partial charge in [0.05, 0.1) is 60.7 Å². The number of carbonyl (C=O) groups is 2. The molecule has 0 atom stereocenters. The Hall–Kier alpha value is -5.13. The van der Waals surface area contributed by atoms with Crippen LogP contribution in [0.2, 0.25) is 0 Å². The third-order valence-electron chi connectivity index (χ3n) is 7.42. The molecule has 10 nitrogen and oxygen atoms in total. The summed E-state index contributed by atoms with van der Waals surface area (Å²) in [5, 5.41) is 0.0588. The second-order valence-corrected chi connectivity index (χ2v) is 12.5. The SMILES string of the molecule is COc1ccc(OC)c(/C=C(/Br)C(=O)c2ccc(N(C)C)c(N)c2)c1.COc1ccc(OC)c(/C=C(/Cl)C(=O)c2ccc(N(C)C)c(N)c2)c1. The van der Waals surface area contributed by atoms with Crippen molar-refractivity contribution in [1.29, 1.82) is 0 Å². The number of methoxy groups -OCH3 is 4. The highest BCUT2D eigenvalue weighted by molar-refractivity contribution is 9.12. The lowest BCUT2D eigenvalue weighted by atomic mass is 10.1. The highest BCUT2D eigenvalue weighted by Crippen LogP contribution is 2.31. The fraction of sp³-hybridized carbons (Fsp3) is 0.211. The van der Waals surface area contributed by atoms with Crippen molar-refractivity contribution in [1.82, 2.24) is 0 Å². The molecule has 0 saturated heterocycles. The molecule has 0 aliphatic heterocycles. The van der Waals surface area contributed by atoms with Gasteiger partial charge in [-0.25, -0.2) is 0 Å². The first-order valence-electron chi connectivity index (χ1n) is 15.2. The van der Waals surface area contributed by atoms with Crippen molar-refractivity contribution in [2.45, 2.75) is 0 Å². The molecule has 4 aromatic rings. The average molecular weight is 766 g/mol. The highest BCUT2D eigenvalue weighted by Gasteiger charge is 2.16. The molecule has 264 valence electrons. The molecule has 4 rings (SSSR count). The first-order chi connectivity index (χ1) is 23.7. The Morgan fingerprint density at radius 2 is 1.04 bits per heavy atom. The number of Topliss-reactive ketones (excluding diaryl/α,β-unsaturated/α-hetero) is 2. The number of hydrogen-bond donors (Lipinski definition) is 2. The molecule has 0 saturated carbocycles. The van der Waals surface area contributed by atoms with E-state index < -0.39 is 0 Å². The van der Waals surface area contributed by atoms with Crippen LogP contribution in [0, 0.1) is 0 Å². The van der Waals surface area contributed by atoms with Crippen molar-refractivity contribution in [2.75, 3.05) is 77.9 Å². The van der Waals surface area contributed by atoms with Gasteiger partial charge in [0.2, 0.25) is 5.78 Å². The zero-order valence-electron chi connectivity index (χ0n) is 29.3. The van der Waals surface area contributed by atoms with Gasteiger partial charge in [-0.3, -0.25) is 9.59 Å². The van der Waals surface area contributed by atoms with Gasteiger partial charge in [-0.05, 0) is 101 Å². The normalized spacial score (nSPS) is 11.2. The second kappa shape index (κ2) is 18.0. The van der Waals surface area contributed by atoms with E-state index in [1.54, 1.807) is 107 Å². The topological polar surface area (TPSA) is 130 Å². The molecule has 12 heteroatoms. The Labute approximate surface area is 306 Å². The van der Waals surface area contributed by atoms with Crippen molar-refractivity contribution in [3.8, 4) is 23.0 Å². The number of hydrogen-bond acceptors (Lipinski definition) is 10. The van der Waals surface area contributed by atoms with E-state index in [-0.39, 0.29) is 16.6 Å². The highest BCUT2D eigenvalue weighted by atomic mass is 79.9. The van der Waals surface area contributed by atoms with Gasteiger partial charge in [0.1, 0.15) is 23.0 Å². The number of nitrogens with two attached hydrogens (primary N) is 2. The molecular weight excluding hydrogens is 724 g/mol. The third-order valence-corrected chi connectivity index (χ3v) is 8.28. The van der Waals surface area contributed by atoms with Gasteiger partial charge >= 0.3 is 0 Å². The van der Waals surface area contributed by atoms with Crippen LogP contribution in [-0.2, 0) is 0 Å². The summed E-state index contributed by atoms with van der Waals surface area (Å²) >= 11 is 9.61. The zero-order chi connectivity index (χ0) is 37.1. The van der Waals surface area contributed by atoms with Gasteiger partial charge in [0.25, 0.3) is 0 Å². The number of rotatable bonds is 12. The number of halogens is 2. The van der Waals surface area contributed by atoms with Crippen LogP contribution < -0.4 is 40.2 Å². The first kappa shape index (κ1) is 39.3. The maximum Gasteiger partial charge on any atom is 0.204 e. The molecule has 0 unspecified atom stereocenters. The fourth-order valence-electron chi connectivity index (χ4n) is 4.79. The van der Waals surface area contributed by atoms with E-state index in [0.717, 1.165) is 16.9 Å². The molecular formula is C38H42BrClN4O6. The van der Waals surface area contributed by atoms with Crippen LogP contribution in [-0.4, -0.2) is 68.2 Å². The molecule has 0 aliphatic rings. The van der Waals surface area contributed by atoms with Crippen molar-refractivity contribution >= 4 is 74.0 Å². The predicted molar refractivity (Wildman–Crippen MR) is 209 cm³/mol. The van der Waals surface area contributed by atoms with Gasteiger partial charge in [-0.1, -0.05) is 11.6 Å². The Bertz CT molecular complexity index is 1770. The minimum Gasteiger partial charge on any atom is -0.497 e. The maximum absolute atomic E-state index is 12.7. The van der Waals surface area contributed by atoms with Crippen LogP contribution in [0.15, 0.2) is 82.3 Å². The quantitative estimate of drug-likeness (QED) is 0.0838. The van der Waals surface area contributed by atoms with Gasteiger partial charge in [0.15, 0.2) is 5.78 Å². The van der Waals surface area contributed by atoms with E-state index in [4.69, 9.17) is 42.0 Å². The van der Waals surface area contributed by atoms with Crippen LogP contribution in [0.3, 0.4) is 0 Å². The van der Waals surface area contributed by atoms with Gasteiger partial charge < -0.3 is 40.2 Å². The summed E-state index contributed by atoms with van der Waals surface area (Å²) in [5.74, 6) is 2.08. The molecule has 0 heterocycles. The van der Waals surface area contributed by atoms with Crippen molar-refractivity contribution in [2.24, 2.45) is 0 Å².